The van der Waals surface area contributed by atoms with E-state index in [1.807, 2.05) is 32.0 Å². The van der Waals surface area contributed by atoms with Gasteiger partial charge in [0.25, 0.3) is 0 Å². The number of pyridine rings is 1. The quantitative estimate of drug-likeness (QED) is 0.798. The zero-order chi connectivity index (χ0) is 13.9. The first kappa shape index (κ1) is 12.7. The van der Waals surface area contributed by atoms with Gasteiger partial charge >= 0.3 is 0 Å². The van der Waals surface area contributed by atoms with Crippen LogP contribution in [0, 0.1) is 13.8 Å². The van der Waals surface area contributed by atoms with E-state index in [1.165, 1.54) is 0 Å². The summed E-state index contributed by atoms with van der Waals surface area (Å²) in [6.07, 6.45) is 5.21. The Bertz CT molecular complexity index is 723. The van der Waals surface area contributed by atoms with Crippen LogP contribution in [-0.4, -0.2) is 19.9 Å². The van der Waals surface area contributed by atoms with E-state index in [1.54, 1.807) is 29.9 Å². The summed E-state index contributed by atoms with van der Waals surface area (Å²) in [4.78, 5) is 18.3. The fraction of sp³-hybridized carbons (Fsp3) is 0.143. The van der Waals surface area contributed by atoms with Gasteiger partial charge in [0.05, 0.1) is 33.2 Å². The van der Waals surface area contributed by atoms with Gasteiger partial charge in [-0.1, -0.05) is 0 Å². The highest BCUT2D eigenvalue weighted by Gasteiger charge is 2.10. The van der Waals surface area contributed by atoms with Crippen LogP contribution in [0.25, 0.3) is 10.6 Å². The number of hydrogen-bond donors (Lipinski definition) is 1. The van der Waals surface area contributed by atoms with Gasteiger partial charge in [0, 0.05) is 12.4 Å². The number of aryl methyl sites for hydroxylation is 2. The summed E-state index contributed by atoms with van der Waals surface area (Å²) in [7, 11) is 0. The van der Waals surface area contributed by atoms with Gasteiger partial charge < -0.3 is 5.32 Å². The van der Waals surface area contributed by atoms with Crippen molar-refractivity contribution in [1.29, 1.82) is 0 Å². The minimum atomic E-state index is 0.556. The maximum Gasteiger partial charge on any atom is 0.227 e. The Morgan fingerprint density at radius 1 is 1.10 bits per heavy atom. The third-order valence-electron chi connectivity index (χ3n) is 2.71. The Balaban J connectivity index is 1.92. The second kappa shape index (κ2) is 5.34. The Kier molecular flexibility index (Phi) is 3.39. The number of thiazole rings is 1. The number of nitrogens with zero attached hydrogens (tertiary/aromatic N) is 4. The van der Waals surface area contributed by atoms with E-state index in [2.05, 4.69) is 25.3 Å². The molecule has 3 aromatic rings. The molecule has 3 aromatic heterocycles. The second-order valence-electron chi connectivity index (χ2n) is 4.28. The molecule has 0 radical (unpaired) electrons. The molecule has 6 heteroatoms. The molecule has 20 heavy (non-hydrogen) atoms. The lowest BCUT2D eigenvalue weighted by atomic mass is 10.3. The predicted octanol–water partition coefficient (Wildman–Crippen LogP) is 3.36. The van der Waals surface area contributed by atoms with Crippen LogP contribution in [0.2, 0.25) is 0 Å². The minimum absolute atomic E-state index is 0.556. The first-order valence-corrected chi connectivity index (χ1v) is 6.98. The standard InChI is InChI=1S/C14H13N5S/c1-9-13(20-10(2)17-9)12-5-7-16-14(19-12)18-11-4-3-6-15-8-11/h3-8H,1-2H3,(H,16,18,19). The average molecular weight is 283 g/mol. The molecule has 0 spiro atoms. The van der Waals surface area contributed by atoms with Crippen molar-refractivity contribution in [2.45, 2.75) is 13.8 Å². The van der Waals surface area contributed by atoms with Crippen molar-refractivity contribution in [2.24, 2.45) is 0 Å². The average Bonchev–Trinajstić information content (AvgIpc) is 2.79. The third-order valence-corrected chi connectivity index (χ3v) is 3.80. The molecule has 0 bridgehead atoms. The molecule has 0 amide bonds. The molecule has 0 saturated carbocycles. The molecule has 5 nitrogen and oxygen atoms in total. The van der Waals surface area contributed by atoms with E-state index in [4.69, 9.17) is 0 Å². The van der Waals surface area contributed by atoms with Crippen LogP contribution in [0.15, 0.2) is 36.8 Å². The van der Waals surface area contributed by atoms with E-state index in [0.29, 0.717) is 5.95 Å². The molecule has 0 unspecified atom stereocenters. The third kappa shape index (κ3) is 2.65. The van der Waals surface area contributed by atoms with Gasteiger partial charge in [-0.25, -0.2) is 15.0 Å². The van der Waals surface area contributed by atoms with Gasteiger partial charge in [-0.2, -0.15) is 0 Å². The van der Waals surface area contributed by atoms with Crippen molar-refractivity contribution in [3.63, 3.8) is 0 Å². The molecule has 3 heterocycles. The van der Waals surface area contributed by atoms with Crippen LogP contribution in [0.5, 0.6) is 0 Å². The van der Waals surface area contributed by atoms with Crippen LogP contribution in [0.4, 0.5) is 11.6 Å². The fourth-order valence-corrected chi connectivity index (χ4v) is 2.77. The molecule has 100 valence electrons. The lowest BCUT2D eigenvalue weighted by molar-refractivity contribution is 1.15. The Morgan fingerprint density at radius 3 is 2.70 bits per heavy atom. The number of rotatable bonds is 3. The second-order valence-corrected chi connectivity index (χ2v) is 5.48. The summed E-state index contributed by atoms with van der Waals surface area (Å²) >= 11 is 1.64. The van der Waals surface area contributed by atoms with Gasteiger partial charge in [0.1, 0.15) is 0 Å². The van der Waals surface area contributed by atoms with Crippen molar-refractivity contribution in [2.75, 3.05) is 5.32 Å². The van der Waals surface area contributed by atoms with Crippen molar-refractivity contribution in [3.8, 4) is 10.6 Å². The van der Waals surface area contributed by atoms with Crippen molar-refractivity contribution in [1.82, 2.24) is 19.9 Å². The first-order chi connectivity index (χ1) is 9.72. The predicted molar refractivity (Wildman–Crippen MR) is 80.1 cm³/mol. The molecule has 0 saturated heterocycles. The fourth-order valence-electron chi connectivity index (χ4n) is 1.88. The first-order valence-electron chi connectivity index (χ1n) is 6.17. The number of nitrogens with one attached hydrogen (secondary N) is 1. The largest absolute Gasteiger partial charge is 0.323 e. The van der Waals surface area contributed by atoms with E-state index in [0.717, 1.165) is 27.0 Å². The molecule has 3 rings (SSSR count). The summed E-state index contributed by atoms with van der Waals surface area (Å²) in [5.41, 5.74) is 2.75. The lowest BCUT2D eigenvalue weighted by Crippen LogP contribution is -1.97. The minimum Gasteiger partial charge on any atom is -0.323 e. The van der Waals surface area contributed by atoms with Crippen molar-refractivity contribution in [3.05, 3.63) is 47.5 Å². The molecular formula is C14H13N5S. The molecule has 0 fully saturated rings. The van der Waals surface area contributed by atoms with Gasteiger partial charge in [0.2, 0.25) is 5.95 Å². The molecule has 0 aliphatic carbocycles. The summed E-state index contributed by atoms with van der Waals surface area (Å²) in [6.45, 7) is 3.99. The normalized spacial score (nSPS) is 10.5. The maximum absolute atomic E-state index is 4.53. The Labute approximate surface area is 120 Å². The van der Waals surface area contributed by atoms with E-state index in [9.17, 15) is 0 Å². The molecule has 0 aromatic carbocycles. The summed E-state index contributed by atoms with van der Waals surface area (Å²) in [5, 5.41) is 4.18. The molecule has 0 aliphatic heterocycles. The van der Waals surface area contributed by atoms with Gasteiger partial charge in [-0.15, -0.1) is 11.3 Å². The molecular weight excluding hydrogens is 270 g/mol. The van der Waals surface area contributed by atoms with E-state index < -0.39 is 0 Å². The van der Waals surface area contributed by atoms with Gasteiger partial charge in [0.15, 0.2) is 0 Å². The van der Waals surface area contributed by atoms with Crippen LogP contribution in [0.3, 0.4) is 0 Å². The lowest BCUT2D eigenvalue weighted by Gasteiger charge is -2.05. The summed E-state index contributed by atoms with van der Waals surface area (Å²) in [6, 6.07) is 5.68. The van der Waals surface area contributed by atoms with Gasteiger partial charge in [-0.3, -0.25) is 4.98 Å². The summed E-state index contributed by atoms with van der Waals surface area (Å²) in [5.74, 6) is 0.556. The highest BCUT2D eigenvalue weighted by molar-refractivity contribution is 7.15. The molecule has 0 atom stereocenters. The van der Waals surface area contributed by atoms with E-state index in [-0.39, 0.29) is 0 Å². The summed E-state index contributed by atoms with van der Waals surface area (Å²) < 4.78 is 0. The smallest absolute Gasteiger partial charge is 0.227 e. The van der Waals surface area contributed by atoms with Gasteiger partial charge in [-0.05, 0) is 32.0 Å². The zero-order valence-corrected chi connectivity index (χ0v) is 12.0. The number of anilines is 2. The monoisotopic (exact) mass is 283 g/mol. The van der Waals surface area contributed by atoms with Crippen LogP contribution in [-0.2, 0) is 0 Å². The highest BCUT2D eigenvalue weighted by Crippen LogP contribution is 2.28. The highest BCUT2D eigenvalue weighted by atomic mass is 32.1. The van der Waals surface area contributed by atoms with Crippen LogP contribution in [0.1, 0.15) is 10.7 Å². The molecule has 0 aliphatic rings. The van der Waals surface area contributed by atoms with Crippen molar-refractivity contribution >= 4 is 23.0 Å². The number of hydrogen-bond acceptors (Lipinski definition) is 6. The van der Waals surface area contributed by atoms with E-state index >= 15 is 0 Å². The topological polar surface area (TPSA) is 63.6 Å². The Morgan fingerprint density at radius 2 is 2.00 bits per heavy atom. The van der Waals surface area contributed by atoms with Crippen LogP contribution < -0.4 is 5.32 Å². The maximum atomic E-state index is 4.53. The number of aromatic nitrogens is 4. The Hall–Kier alpha value is -2.34. The zero-order valence-electron chi connectivity index (χ0n) is 11.2. The molecule has 1 N–H and O–H groups in total. The van der Waals surface area contributed by atoms with Crippen molar-refractivity contribution < 1.29 is 0 Å². The van der Waals surface area contributed by atoms with Crippen LogP contribution >= 0.6 is 11.3 Å². The SMILES string of the molecule is Cc1nc(C)c(-c2ccnc(Nc3cccnc3)n2)s1.